The summed E-state index contributed by atoms with van der Waals surface area (Å²) in [5.41, 5.74) is -1.74. The van der Waals surface area contributed by atoms with Crippen molar-refractivity contribution in [2.24, 2.45) is 0 Å². The van der Waals surface area contributed by atoms with Crippen molar-refractivity contribution < 1.29 is 42.2 Å². The molecule has 0 saturated carbocycles. The molecule has 204 valence electrons. The van der Waals surface area contributed by atoms with Crippen molar-refractivity contribution >= 4 is 23.9 Å². The van der Waals surface area contributed by atoms with E-state index in [4.69, 9.17) is 9.84 Å². The van der Waals surface area contributed by atoms with Crippen molar-refractivity contribution in [2.45, 2.75) is 32.0 Å². The molecule has 3 amide bonds. The van der Waals surface area contributed by atoms with Gasteiger partial charge in [0.15, 0.2) is 5.82 Å². The first-order valence-electron chi connectivity index (χ1n) is 11.7. The summed E-state index contributed by atoms with van der Waals surface area (Å²) in [5.74, 6) is -3.29. The first-order chi connectivity index (χ1) is 18.0. The lowest BCUT2D eigenvalue weighted by Gasteiger charge is -2.35. The maximum Gasteiger partial charge on any atom is 0.433 e. The Morgan fingerprint density at radius 2 is 1.68 bits per heavy atom. The van der Waals surface area contributed by atoms with Crippen LogP contribution in [0.15, 0.2) is 36.4 Å². The molecule has 1 fully saturated rings. The highest BCUT2D eigenvalue weighted by molar-refractivity contribution is 5.96. The molecule has 3 rings (SSSR count). The van der Waals surface area contributed by atoms with Crippen LogP contribution in [0, 0.1) is 0 Å². The van der Waals surface area contributed by atoms with Gasteiger partial charge in [0.1, 0.15) is 17.4 Å². The predicted molar refractivity (Wildman–Crippen MR) is 126 cm³/mol. The van der Waals surface area contributed by atoms with Crippen molar-refractivity contribution in [3.8, 4) is 11.4 Å². The van der Waals surface area contributed by atoms with Crippen molar-refractivity contribution in [1.82, 2.24) is 25.1 Å². The summed E-state index contributed by atoms with van der Waals surface area (Å²) < 4.78 is 45.5. The quantitative estimate of drug-likeness (QED) is 0.523. The van der Waals surface area contributed by atoms with E-state index in [1.807, 2.05) is 0 Å². The number of nitrogens with zero attached hydrogens (tertiary/aromatic N) is 4. The molecule has 0 aliphatic carbocycles. The van der Waals surface area contributed by atoms with Crippen LogP contribution < -0.4 is 5.32 Å². The second-order valence-corrected chi connectivity index (χ2v) is 8.30. The average Bonchev–Trinajstić information content (AvgIpc) is 2.90. The van der Waals surface area contributed by atoms with Gasteiger partial charge in [0.2, 0.25) is 5.91 Å². The molecule has 0 radical (unpaired) electrons. The minimum atomic E-state index is -4.88. The zero-order chi connectivity index (χ0) is 27.9. The third-order valence-electron chi connectivity index (χ3n) is 5.65. The van der Waals surface area contributed by atoms with Crippen molar-refractivity contribution in [3.05, 3.63) is 47.8 Å². The number of carboxylic acids is 1. The summed E-state index contributed by atoms with van der Waals surface area (Å²) in [4.78, 5) is 59.5. The first-order valence-corrected chi connectivity index (χ1v) is 11.7. The number of carboxylic acid groups (broad SMARTS) is 1. The Kier molecular flexibility index (Phi) is 9.20. The highest BCUT2D eigenvalue weighted by atomic mass is 19.4. The molecule has 38 heavy (non-hydrogen) atoms. The molecule has 1 atom stereocenters. The highest BCUT2D eigenvalue weighted by Crippen LogP contribution is 2.29. The highest BCUT2D eigenvalue weighted by Gasteiger charge is 2.36. The number of nitrogens with one attached hydrogen (secondary N) is 1. The molecule has 0 spiro atoms. The summed E-state index contributed by atoms with van der Waals surface area (Å²) in [6.07, 6.45) is -6.19. The summed E-state index contributed by atoms with van der Waals surface area (Å²) >= 11 is 0. The average molecular weight is 537 g/mol. The van der Waals surface area contributed by atoms with E-state index in [9.17, 15) is 32.3 Å². The molecule has 2 aromatic rings. The van der Waals surface area contributed by atoms with Crippen LogP contribution in [-0.2, 0) is 20.5 Å². The third-order valence-corrected chi connectivity index (χ3v) is 5.65. The molecule has 0 bridgehead atoms. The fraction of sp³-hybridized carbons (Fsp3) is 0.417. The van der Waals surface area contributed by atoms with Gasteiger partial charge in [-0.25, -0.2) is 14.8 Å². The van der Waals surface area contributed by atoms with E-state index >= 15 is 0 Å². The van der Waals surface area contributed by atoms with Crippen LogP contribution in [0.5, 0.6) is 0 Å². The van der Waals surface area contributed by atoms with Gasteiger partial charge in [-0.1, -0.05) is 30.3 Å². The summed E-state index contributed by atoms with van der Waals surface area (Å²) in [6.45, 7) is 2.36. The van der Waals surface area contributed by atoms with Gasteiger partial charge in [-0.2, -0.15) is 13.2 Å². The van der Waals surface area contributed by atoms with E-state index in [-0.39, 0.29) is 50.6 Å². The minimum absolute atomic E-state index is 0.0982. The van der Waals surface area contributed by atoms with E-state index in [0.29, 0.717) is 6.07 Å². The number of carbonyl (C=O) groups is 4. The van der Waals surface area contributed by atoms with E-state index in [2.05, 4.69) is 15.3 Å². The number of halogens is 3. The fourth-order valence-corrected chi connectivity index (χ4v) is 3.73. The van der Waals surface area contributed by atoms with E-state index in [1.165, 1.54) is 21.9 Å². The minimum Gasteiger partial charge on any atom is -0.481 e. The monoisotopic (exact) mass is 537 g/mol. The number of alkyl halides is 3. The Labute approximate surface area is 215 Å². The fourth-order valence-electron chi connectivity index (χ4n) is 3.73. The van der Waals surface area contributed by atoms with Gasteiger partial charge in [0.05, 0.1) is 6.61 Å². The smallest absolute Gasteiger partial charge is 0.433 e. The zero-order valence-electron chi connectivity index (χ0n) is 20.4. The lowest BCUT2D eigenvalue weighted by molar-refractivity contribution is -0.141. The molecule has 1 unspecified atom stereocenters. The number of amides is 3. The topological polar surface area (TPSA) is 142 Å². The number of ether oxygens (including phenoxy) is 1. The number of rotatable bonds is 8. The number of hydrogen-bond acceptors (Lipinski definition) is 7. The number of benzene rings is 1. The van der Waals surface area contributed by atoms with E-state index in [0.717, 1.165) is 0 Å². The second kappa shape index (κ2) is 12.3. The molecule has 14 heteroatoms. The number of carbonyl (C=O) groups excluding carboxylic acids is 3. The van der Waals surface area contributed by atoms with Gasteiger partial charge in [-0.05, 0) is 13.3 Å². The first kappa shape index (κ1) is 28.3. The number of aromatic nitrogens is 2. The number of aliphatic carboxylic acids is 1. The Morgan fingerprint density at radius 3 is 2.26 bits per heavy atom. The molecule has 1 aliphatic rings. The van der Waals surface area contributed by atoms with Crippen LogP contribution in [0.4, 0.5) is 18.0 Å². The Balaban J connectivity index is 1.82. The predicted octanol–water partition coefficient (Wildman–Crippen LogP) is 2.43. The van der Waals surface area contributed by atoms with E-state index < -0.39 is 53.9 Å². The van der Waals surface area contributed by atoms with Crippen molar-refractivity contribution in [1.29, 1.82) is 0 Å². The van der Waals surface area contributed by atoms with Gasteiger partial charge in [0, 0.05) is 44.2 Å². The Morgan fingerprint density at radius 1 is 1.05 bits per heavy atom. The van der Waals surface area contributed by atoms with Gasteiger partial charge in [-0.3, -0.25) is 14.4 Å². The summed E-state index contributed by atoms with van der Waals surface area (Å²) in [6, 6.07) is 6.87. The lowest BCUT2D eigenvalue weighted by atomic mass is 10.1. The molecule has 1 aromatic heterocycles. The lowest BCUT2D eigenvalue weighted by Crippen LogP contribution is -2.56. The Bertz CT molecular complexity index is 1170. The SMILES string of the molecule is CCOC(=O)N1CCN(C(=O)C(CCC(=O)O)NC(=O)c2cc(C(F)(F)F)nc(-c3ccccc3)n2)CC1. The van der Waals surface area contributed by atoms with E-state index in [1.54, 1.807) is 25.1 Å². The maximum atomic E-state index is 13.5. The molecule has 1 aromatic carbocycles. The van der Waals surface area contributed by atoms with Gasteiger partial charge in [0.25, 0.3) is 5.91 Å². The van der Waals surface area contributed by atoms with Crippen molar-refractivity contribution in [3.63, 3.8) is 0 Å². The largest absolute Gasteiger partial charge is 0.481 e. The maximum absolute atomic E-state index is 13.5. The van der Waals surface area contributed by atoms with Crippen LogP contribution in [0.1, 0.15) is 35.9 Å². The Hall–Kier alpha value is -4.23. The van der Waals surface area contributed by atoms with Gasteiger partial charge in [-0.15, -0.1) is 0 Å². The molecule has 2 N–H and O–H groups in total. The van der Waals surface area contributed by atoms with Crippen LogP contribution >= 0.6 is 0 Å². The molecular weight excluding hydrogens is 511 g/mol. The van der Waals surface area contributed by atoms with Crippen molar-refractivity contribution in [2.75, 3.05) is 32.8 Å². The summed E-state index contributed by atoms with van der Waals surface area (Å²) in [5, 5.41) is 11.4. The van der Waals surface area contributed by atoms with Crippen LogP contribution in [0.3, 0.4) is 0 Å². The normalized spacial score (nSPS) is 14.5. The molecular formula is C24H26F3N5O6. The molecule has 2 heterocycles. The van der Waals surface area contributed by atoms with Crippen LogP contribution in [0.2, 0.25) is 0 Å². The van der Waals surface area contributed by atoms with Gasteiger partial charge >= 0.3 is 18.2 Å². The number of hydrogen-bond donors (Lipinski definition) is 2. The van der Waals surface area contributed by atoms with Crippen LogP contribution in [0.25, 0.3) is 11.4 Å². The second-order valence-electron chi connectivity index (χ2n) is 8.30. The van der Waals surface area contributed by atoms with Crippen LogP contribution in [-0.4, -0.2) is 87.6 Å². The standard InChI is InChI=1S/C24H26F3N5O6/c1-2-38-23(37)32-12-10-31(11-13-32)22(36)16(8-9-19(33)34)29-21(35)17-14-18(24(25,26)27)30-20(28-17)15-6-4-3-5-7-15/h3-7,14,16H,2,8-13H2,1H3,(H,29,35)(H,33,34). The number of piperazine rings is 1. The summed E-state index contributed by atoms with van der Waals surface area (Å²) in [7, 11) is 0. The molecule has 1 aliphatic heterocycles. The zero-order valence-corrected chi connectivity index (χ0v) is 20.4. The van der Waals surface area contributed by atoms with Gasteiger partial charge < -0.3 is 25.0 Å². The molecule has 11 nitrogen and oxygen atoms in total. The third kappa shape index (κ3) is 7.40. The molecule has 1 saturated heterocycles.